The number of methoxy groups -OCH3 is 1. The van der Waals surface area contributed by atoms with Gasteiger partial charge in [0.1, 0.15) is 12.1 Å². The van der Waals surface area contributed by atoms with Gasteiger partial charge in [0, 0.05) is 19.3 Å². The molecule has 0 aliphatic carbocycles. The van der Waals surface area contributed by atoms with E-state index in [1.165, 1.54) is 17.8 Å². The lowest BCUT2D eigenvalue weighted by Gasteiger charge is -2.07. The highest BCUT2D eigenvalue weighted by Crippen LogP contribution is 2.17. The molecule has 1 aromatic heterocycles. The Labute approximate surface area is 132 Å². The second kappa shape index (κ2) is 7.90. The molecule has 22 heavy (non-hydrogen) atoms. The predicted molar refractivity (Wildman–Crippen MR) is 82.4 cm³/mol. The molecule has 118 valence electrons. The van der Waals surface area contributed by atoms with Crippen LogP contribution in [0.3, 0.4) is 0 Å². The summed E-state index contributed by atoms with van der Waals surface area (Å²) in [5.74, 6) is -0.402. The number of nitrogens with one attached hydrogen (secondary N) is 1. The number of ether oxygens (including phenoxy) is 1. The molecule has 0 saturated carbocycles. The van der Waals surface area contributed by atoms with E-state index in [0.717, 1.165) is 0 Å². The Hall–Kier alpha value is -1.93. The minimum Gasteiger partial charge on any atom is -0.383 e. The molecule has 0 atom stereocenters. The molecular weight excluding hydrogens is 307 g/mol. The van der Waals surface area contributed by atoms with Crippen molar-refractivity contribution in [2.75, 3.05) is 24.8 Å². The SMILES string of the molecule is COCCn1cnnc1SCC(=O)Nc1ccc(C)c(F)c1. The van der Waals surface area contributed by atoms with Crippen molar-refractivity contribution in [1.29, 1.82) is 0 Å². The average molecular weight is 324 g/mol. The molecular formula is C14H17FN4O2S. The molecule has 2 aromatic rings. The molecule has 1 N–H and O–H groups in total. The fourth-order valence-electron chi connectivity index (χ4n) is 1.70. The monoisotopic (exact) mass is 324 g/mol. The number of amides is 1. The van der Waals surface area contributed by atoms with Crippen molar-refractivity contribution in [3.05, 3.63) is 35.9 Å². The van der Waals surface area contributed by atoms with Crippen LogP contribution in [0.1, 0.15) is 5.56 Å². The standard InChI is InChI=1S/C14H17FN4O2S/c1-10-3-4-11(7-12(10)15)17-13(20)8-22-14-18-16-9-19(14)5-6-21-2/h3-4,7,9H,5-6,8H2,1-2H3,(H,17,20). The predicted octanol–water partition coefficient (Wildman–Crippen LogP) is 2.10. The van der Waals surface area contributed by atoms with Gasteiger partial charge in [-0.05, 0) is 24.6 Å². The zero-order chi connectivity index (χ0) is 15.9. The van der Waals surface area contributed by atoms with Crippen LogP contribution in [0.15, 0.2) is 29.7 Å². The lowest BCUT2D eigenvalue weighted by Crippen LogP contribution is -2.15. The van der Waals surface area contributed by atoms with Crippen LogP contribution >= 0.6 is 11.8 Å². The first-order valence-corrected chi connectivity index (χ1v) is 7.64. The van der Waals surface area contributed by atoms with Gasteiger partial charge >= 0.3 is 0 Å². The van der Waals surface area contributed by atoms with Crippen LogP contribution in [0.5, 0.6) is 0 Å². The third-order valence-corrected chi connectivity index (χ3v) is 3.89. The van der Waals surface area contributed by atoms with E-state index in [2.05, 4.69) is 15.5 Å². The zero-order valence-corrected chi connectivity index (χ0v) is 13.2. The van der Waals surface area contributed by atoms with Crippen molar-refractivity contribution in [2.45, 2.75) is 18.6 Å². The van der Waals surface area contributed by atoms with Gasteiger partial charge in [0.2, 0.25) is 5.91 Å². The van der Waals surface area contributed by atoms with Gasteiger partial charge in [-0.2, -0.15) is 0 Å². The topological polar surface area (TPSA) is 69.0 Å². The van der Waals surface area contributed by atoms with Crippen molar-refractivity contribution in [2.24, 2.45) is 0 Å². The highest BCUT2D eigenvalue weighted by Gasteiger charge is 2.09. The number of hydrogen-bond donors (Lipinski definition) is 1. The van der Waals surface area contributed by atoms with Crippen LogP contribution in [0.4, 0.5) is 10.1 Å². The van der Waals surface area contributed by atoms with Gasteiger partial charge in [-0.25, -0.2) is 4.39 Å². The van der Waals surface area contributed by atoms with Crippen LogP contribution < -0.4 is 5.32 Å². The second-order valence-corrected chi connectivity index (χ2v) is 5.54. The molecule has 1 heterocycles. The van der Waals surface area contributed by atoms with Crippen molar-refractivity contribution < 1.29 is 13.9 Å². The fourth-order valence-corrected chi connectivity index (χ4v) is 2.44. The maximum Gasteiger partial charge on any atom is 0.234 e. The summed E-state index contributed by atoms with van der Waals surface area (Å²) in [7, 11) is 1.62. The maximum absolute atomic E-state index is 13.4. The summed E-state index contributed by atoms with van der Waals surface area (Å²) in [6.07, 6.45) is 1.59. The van der Waals surface area contributed by atoms with Crippen LogP contribution in [-0.2, 0) is 16.1 Å². The summed E-state index contributed by atoms with van der Waals surface area (Å²) < 4.78 is 20.2. The Morgan fingerprint density at radius 1 is 1.50 bits per heavy atom. The zero-order valence-electron chi connectivity index (χ0n) is 12.4. The van der Waals surface area contributed by atoms with Gasteiger partial charge in [-0.1, -0.05) is 17.8 Å². The van der Waals surface area contributed by atoms with E-state index in [-0.39, 0.29) is 17.5 Å². The van der Waals surface area contributed by atoms with E-state index < -0.39 is 0 Å². The van der Waals surface area contributed by atoms with Crippen molar-refractivity contribution in [3.63, 3.8) is 0 Å². The van der Waals surface area contributed by atoms with Crippen molar-refractivity contribution in [1.82, 2.24) is 14.8 Å². The normalized spacial score (nSPS) is 10.7. The van der Waals surface area contributed by atoms with Gasteiger partial charge in [-0.15, -0.1) is 10.2 Å². The number of thioether (sulfide) groups is 1. The third-order valence-electron chi connectivity index (χ3n) is 2.90. The summed E-state index contributed by atoms with van der Waals surface area (Å²) in [5, 5.41) is 11.1. The molecule has 1 aromatic carbocycles. The molecule has 6 nitrogen and oxygen atoms in total. The van der Waals surface area contributed by atoms with E-state index >= 15 is 0 Å². The second-order valence-electron chi connectivity index (χ2n) is 4.60. The smallest absolute Gasteiger partial charge is 0.234 e. The van der Waals surface area contributed by atoms with Crippen LogP contribution in [0.25, 0.3) is 0 Å². The molecule has 0 saturated heterocycles. The van der Waals surface area contributed by atoms with Gasteiger partial charge < -0.3 is 14.6 Å². The van der Waals surface area contributed by atoms with Crippen LogP contribution in [-0.4, -0.2) is 40.1 Å². The first kappa shape index (κ1) is 16.4. The maximum atomic E-state index is 13.4. The largest absolute Gasteiger partial charge is 0.383 e. The Kier molecular flexibility index (Phi) is 5.91. The Balaban J connectivity index is 1.87. The summed E-state index contributed by atoms with van der Waals surface area (Å²) in [6.45, 7) is 2.83. The van der Waals surface area contributed by atoms with E-state index in [9.17, 15) is 9.18 Å². The highest BCUT2D eigenvalue weighted by atomic mass is 32.2. The van der Waals surface area contributed by atoms with Gasteiger partial charge in [0.25, 0.3) is 0 Å². The molecule has 0 aliphatic heterocycles. The molecule has 2 rings (SSSR count). The van der Waals surface area contributed by atoms with E-state index in [0.29, 0.717) is 29.6 Å². The quantitative estimate of drug-likeness (QED) is 0.790. The van der Waals surface area contributed by atoms with Crippen LogP contribution in [0, 0.1) is 12.7 Å². The van der Waals surface area contributed by atoms with Crippen LogP contribution in [0.2, 0.25) is 0 Å². The average Bonchev–Trinajstić information content (AvgIpc) is 2.94. The number of carbonyl (C=O) groups excluding carboxylic acids is 1. The number of hydrogen-bond acceptors (Lipinski definition) is 5. The van der Waals surface area contributed by atoms with E-state index in [1.54, 1.807) is 32.5 Å². The number of halogens is 1. The van der Waals surface area contributed by atoms with Gasteiger partial charge in [0.15, 0.2) is 5.16 Å². The Morgan fingerprint density at radius 3 is 3.05 bits per heavy atom. The van der Waals surface area contributed by atoms with Crippen molar-refractivity contribution >= 4 is 23.4 Å². The van der Waals surface area contributed by atoms with Gasteiger partial charge in [0.05, 0.1) is 12.4 Å². The summed E-state index contributed by atoms with van der Waals surface area (Å²) in [5.41, 5.74) is 0.980. The molecule has 8 heteroatoms. The number of nitrogens with zero attached hydrogens (tertiary/aromatic N) is 3. The lowest BCUT2D eigenvalue weighted by molar-refractivity contribution is -0.113. The van der Waals surface area contributed by atoms with E-state index in [1.807, 2.05) is 4.57 Å². The number of aromatic nitrogens is 3. The lowest BCUT2D eigenvalue weighted by atomic mass is 10.2. The number of benzene rings is 1. The summed E-state index contributed by atoms with van der Waals surface area (Å²) >= 11 is 1.27. The number of rotatable bonds is 7. The first-order valence-electron chi connectivity index (χ1n) is 6.65. The molecule has 0 bridgehead atoms. The molecule has 0 unspecified atom stereocenters. The molecule has 0 spiro atoms. The van der Waals surface area contributed by atoms with E-state index in [4.69, 9.17) is 4.74 Å². The summed E-state index contributed by atoms with van der Waals surface area (Å²) in [4.78, 5) is 11.9. The minimum absolute atomic E-state index is 0.168. The number of carbonyl (C=O) groups is 1. The Morgan fingerprint density at radius 2 is 2.32 bits per heavy atom. The van der Waals surface area contributed by atoms with Gasteiger partial charge in [-0.3, -0.25) is 4.79 Å². The first-order chi connectivity index (χ1) is 10.6. The highest BCUT2D eigenvalue weighted by molar-refractivity contribution is 7.99. The fraction of sp³-hybridized carbons (Fsp3) is 0.357. The third kappa shape index (κ3) is 4.54. The number of aryl methyl sites for hydroxylation is 1. The summed E-state index contributed by atoms with van der Waals surface area (Å²) in [6, 6.07) is 4.60. The molecule has 0 radical (unpaired) electrons. The Bertz CT molecular complexity index is 648. The molecule has 1 amide bonds. The molecule has 0 fully saturated rings. The number of anilines is 1. The van der Waals surface area contributed by atoms with Crippen molar-refractivity contribution in [3.8, 4) is 0 Å². The molecule has 0 aliphatic rings. The minimum atomic E-state index is -0.343.